The number of hydrogen-bond donors (Lipinski definition) is 1. The minimum absolute atomic E-state index is 0.0204. The maximum atomic E-state index is 12.4. The number of piperazine rings is 1. The Balaban J connectivity index is 2.07. The third-order valence-electron chi connectivity index (χ3n) is 3.81. The molecule has 0 atom stereocenters. The van der Waals surface area contributed by atoms with E-state index in [0.29, 0.717) is 36.8 Å². The Labute approximate surface area is 129 Å². The Hall–Kier alpha value is -1.77. The van der Waals surface area contributed by atoms with Gasteiger partial charge in [0, 0.05) is 26.2 Å². The predicted octanol–water partition coefficient (Wildman–Crippen LogP) is 2.11. The summed E-state index contributed by atoms with van der Waals surface area (Å²) in [5.74, 6) is -0.169. The smallest absolute Gasteiger partial charge is 0.255 e. The molecule has 112 valence electrons. The van der Waals surface area contributed by atoms with E-state index in [-0.39, 0.29) is 11.7 Å². The molecule has 1 fully saturated rings. The molecule has 1 N–H and O–H groups in total. The van der Waals surface area contributed by atoms with Crippen LogP contribution < -0.4 is 0 Å². The molecule has 2 rings (SSSR count). The van der Waals surface area contributed by atoms with E-state index in [1.54, 1.807) is 4.90 Å². The second kappa shape index (κ2) is 5.92. The fourth-order valence-electron chi connectivity index (χ4n) is 2.39. The van der Waals surface area contributed by atoms with Gasteiger partial charge in [-0.1, -0.05) is 11.6 Å². The van der Waals surface area contributed by atoms with Gasteiger partial charge in [0.2, 0.25) is 0 Å². The van der Waals surface area contributed by atoms with Crippen molar-refractivity contribution in [3.05, 3.63) is 28.8 Å². The molecule has 1 aliphatic heterocycles. The maximum absolute atomic E-state index is 12.4. The Morgan fingerprint density at radius 3 is 2.52 bits per heavy atom. The Morgan fingerprint density at radius 2 is 1.95 bits per heavy atom. The van der Waals surface area contributed by atoms with Crippen molar-refractivity contribution in [1.29, 1.82) is 5.26 Å². The molecule has 1 aliphatic rings. The van der Waals surface area contributed by atoms with Crippen molar-refractivity contribution in [3.8, 4) is 11.8 Å². The minimum Gasteiger partial charge on any atom is -0.508 e. The first-order chi connectivity index (χ1) is 9.85. The molecule has 1 saturated heterocycles. The lowest BCUT2D eigenvalue weighted by Gasteiger charge is -2.40. The number of phenolic OH excluding ortho intramolecular Hbond substituents is 1. The van der Waals surface area contributed by atoms with Crippen LogP contribution >= 0.6 is 11.6 Å². The Morgan fingerprint density at radius 1 is 1.33 bits per heavy atom. The number of phenols is 1. The molecular formula is C15H18ClN3O2. The molecule has 0 unspecified atom stereocenters. The standard InChI is InChI=1S/C15H18ClN3O2/c1-15(2,10-17)19-7-5-18(6-8-19)14(21)12-9-11(20)3-4-13(12)16/h3-4,9,20H,5-8H2,1-2H3. The number of rotatable bonds is 2. The number of nitrogens with zero attached hydrogens (tertiary/aromatic N) is 3. The summed E-state index contributed by atoms with van der Waals surface area (Å²) < 4.78 is 0. The topological polar surface area (TPSA) is 67.6 Å². The zero-order valence-corrected chi connectivity index (χ0v) is 12.9. The van der Waals surface area contributed by atoms with Gasteiger partial charge < -0.3 is 10.0 Å². The Kier molecular flexibility index (Phi) is 4.40. The van der Waals surface area contributed by atoms with Crippen molar-refractivity contribution in [3.63, 3.8) is 0 Å². The summed E-state index contributed by atoms with van der Waals surface area (Å²) in [5, 5.41) is 19.0. The van der Waals surface area contributed by atoms with E-state index in [1.807, 2.05) is 13.8 Å². The molecule has 6 heteroatoms. The summed E-state index contributed by atoms with van der Waals surface area (Å²) >= 11 is 6.02. The molecule has 0 bridgehead atoms. The van der Waals surface area contributed by atoms with E-state index < -0.39 is 5.54 Å². The molecule has 0 saturated carbocycles. The van der Waals surface area contributed by atoms with Gasteiger partial charge in [-0.3, -0.25) is 9.69 Å². The summed E-state index contributed by atoms with van der Waals surface area (Å²) in [6, 6.07) is 6.62. The maximum Gasteiger partial charge on any atom is 0.255 e. The molecule has 21 heavy (non-hydrogen) atoms. The van der Waals surface area contributed by atoms with Gasteiger partial charge in [-0.15, -0.1) is 0 Å². The fourth-order valence-corrected chi connectivity index (χ4v) is 2.59. The molecule has 0 spiro atoms. The van der Waals surface area contributed by atoms with Crippen LogP contribution in [0.5, 0.6) is 5.75 Å². The van der Waals surface area contributed by atoms with Crippen LogP contribution in [0.15, 0.2) is 18.2 Å². The summed E-state index contributed by atoms with van der Waals surface area (Å²) in [5.41, 5.74) is -0.220. The lowest BCUT2D eigenvalue weighted by molar-refractivity contribution is 0.0520. The highest BCUT2D eigenvalue weighted by atomic mass is 35.5. The Bertz CT molecular complexity index is 587. The lowest BCUT2D eigenvalue weighted by atomic mass is 10.0. The van der Waals surface area contributed by atoms with Gasteiger partial charge in [-0.05, 0) is 32.0 Å². The number of benzene rings is 1. The number of carbonyl (C=O) groups is 1. The van der Waals surface area contributed by atoms with Crippen LogP contribution in [-0.2, 0) is 0 Å². The van der Waals surface area contributed by atoms with Crippen molar-refractivity contribution >= 4 is 17.5 Å². The monoisotopic (exact) mass is 307 g/mol. The minimum atomic E-state index is -0.530. The van der Waals surface area contributed by atoms with Crippen LogP contribution in [0.2, 0.25) is 5.02 Å². The van der Waals surface area contributed by atoms with Crippen LogP contribution in [-0.4, -0.2) is 52.5 Å². The zero-order chi connectivity index (χ0) is 15.6. The van der Waals surface area contributed by atoms with Crippen LogP contribution in [0, 0.1) is 11.3 Å². The molecule has 1 aromatic carbocycles. The van der Waals surface area contributed by atoms with Crippen LogP contribution in [0.25, 0.3) is 0 Å². The molecule has 1 heterocycles. The van der Waals surface area contributed by atoms with E-state index in [9.17, 15) is 9.90 Å². The normalized spacial score (nSPS) is 16.6. The molecule has 5 nitrogen and oxygen atoms in total. The molecule has 0 radical (unpaired) electrons. The van der Waals surface area contributed by atoms with E-state index in [0.717, 1.165) is 0 Å². The SMILES string of the molecule is CC(C)(C#N)N1CCN(C(=O)c2cc(O)ccc2Cl)CC1. The molecular weight excluding hydrogens is 290 g/mol. The number of carbonyl (C=O) groups excluding carboxylic acids is 1. The summed E-state index contributed by atoms with van der Waals surface area (Å²) in [6.07, 6.45) is 0. The predicted molar refractivity (Wildman–Crippen MR) is 80.3 cm³/mol. The third kappa shape index (κ3) is 3.29. The summed E-state index contributed by atoms with van der Waals surface area (Å²) in [7, 11) is 0. The van der Waals surface area contributed by atoms with Gasteiger partial charge in [0.05, 0.1) is 16.7 Å². The van der Waals surface area contributed by atoms with Crippen molar-refractivity contribution < 1.29 is 9.90 Å². The second-order valence-electron chi connectivity index (χ2n) is 5.61. The third-order valence-corrected chi connectivity index (χ3v) is 4.14. The molecule has 1 amide bonds. The average molecular weight is 308 g/mol. The van der Waals surface area contributed by atoms with Crippen molar-refractivity contribution in [2.24, 2.45) is 0 Å². The van der Waals surface area contributed by atoms with Gasteiger partial charge in [0.15, 0.2) is 0 Å². The first-order valence-electron chi connectivity index (χ1n) is 6.79. The van der Waals surface area contributed by atoms with E-state index in [2.05, 4.69) is 11.0 Å². The highest BCUT2D eigenvalue weighted by Crippen LogP contribution is 2.24. The van der Waals surface area contributed by atoms with Crippen molar-refractivity contribution in [2.75, 3.05) is 26.2 Å². The summed E-state index contributed by atoms with van der Waals surface area (Å²) in [4.78, 5) is 16.2. The lowest BCUT2D eigenvalue weighted by Crippen LogP contribution is -2.55. The number of amides is 1. The first-order valence-corrected chi connectivity index (χ1v) is 7.17. The number of hydrogen-bond acceptors (Lipinski definition) is 4. The first kappa shape index (κ1) is 15.6. The van der Waals surface area contributed by atoms with E-state index in [1.165, 1.54) is 18.2 Å². The molecule has 0 aliphatic carbocycles. The van der Waals surface area contributed by atoms with Gasteiger partial charge >= 0.3 is 0 Å². The van der Waals surface area contributed by atoms with Gasteiger partial charge in [0.1, 0.15) is 11.3 Å². The quantitative estimate of drug-likeness (QED) is 0.908. The summed E-state index contributed by atoms with van der Waals surface area (Å²) in [6.45, 7) is 6.10. The highest BCUT2D eigenvalue weighted by molar-refractivity contribution is 6.33. The number of nitriles is 1. The van der Waals surface area contributed by atoms with Crippen molar-refractivity contribution in [1.82, 2.24) is 9.80 Å². The van der Waals surface area contributed by atoms with E-state index in [4.69, 9.17) is 16.9 Å². The second-order valence-corrected chi connectivity index (χ2v) is 6.02. The van der Waals surface area contributed by atoms with Crippen molar-refractivity contribution in [2.45, 2.75) is 19.4 Å². The van der Waals surface area contributed by atoms with E-state index >= 15 is 0 Å². The van der Waals surface area contributed by atoms with Gasteiger partial charge in [-0.25, -0.2) is 0 Å². The van der Waals surface area contributed by atoms with Gasteiger partial charge in [-0.2, -0.15) is 5.26 Å². The average Bonchev–Trinajstić information content (AvgIpc) is 2.49. The molecule has 1 aromatic rings. The zero-order valence-electron chi connectivity index (χ0n) is 12.1. The largest absolute Gasteiger partial charge is 0.508 e. The number of aromatic hydroxyl groups is 1. The highest BCUT2D eigenvalue weighted by Gasteiger charge is 2.31. The van der Waals surface area contributed by atoms with Gasteiger partial charge in [0.25, 0.3) is 5.91 Å². The molecule has 0 aromatic heterocycles. The van der Waals surface area contributed by atoms with Crippen LogP contribution in [0.1, 0.15) is 24.2 Å². The number of halogens is 1. The van der Waals surface area contributed by atoms with Crippen LogP contribution in [0.3, 0.4) is 0 Å². The fraction of sp³-hybridized carbons (Fsp3) is 0.467. The van der Waals surface area contributed by atoms with Crippen LogP contribution in [0.4, 0.5) is 0 Å².